The maximum Gasteiger partial charge on any atom is 0.138 e. The molecule has 0 aromatic heterocycles. The van der Waals surface area contributed by atoms with Crippen molar-refractivity contribution in [2.24, 2.45) is 0 Å². The second-order valence-electron chi connectivity index (χ2n) is 2.91. The third-order valence-electron chi connectivity index (χ3n) is 2.05. The molecule has 1 N–H and O–H groups in total. The molecular formula is C10H13Cl2NO2. The topological polar surface area (TPSA) is 30.5 Å². The lowest BCUT2D eigenvalue weighted by Crippen LogP contribution is -2.18. The Kier molecular flexibility index (Phi) is 4.67. The van der Waals surface area contributed by atoms with Crippen molar-refractivity contribution in [2.75, 3.05) is 21.3 Å². The van der Waals surface area contributed by atoms with Crippen LogP contribution in [0.1, 0.15) is 11.8 Å². The van der Waals surface area contributed by atoms with Gasteiger partial charge in [-0.25, -0.2) is 0 Å². The van der Waals surface area contributed by atoms with E-state index in [2.05, 4.69) is 5.32 Å². The van der Waals surface area contributed by atoms with Gasteiger partial charge in [-0.05, 0) is 13.1 Å². The van der Waals surface area contributed by atoms with Gasteiger partial charge in [0.05, 0.1) is 17.2 Å². The summed E-state index contributed by atoms with van der Waals surface area (Å²) >= 11 is 12.1. The Morgan fingerprint density at radius 1 is 1.20 bits per heavy atom. The molecule has 1 aromatic carbocycles. The van der Waals surface area contributed by atoms with Crippen LogP contribution in [0.25, 0.3) is 0 Å². The van der Waals surface area contributed by atoms with Gasteiger partial charge >= 0.3 is 0 Å². The maximum atomic E-state index is 6.07. The van der Waals surface area contributed by atoms with E-state index in [9.17, 15) is 0 Å². The standard InChI is InChI=1S/C10H13Cl2NO2/c1-13-10(15-3)6-4-8(12)9(14-2)5-7(6)11/h4-5,10,13H,1-3H3. The monoisotopic (exact) mass is 249 g/mol. The van der Waals surface area contributed by atoms with E-state index >= 15 is 0 Å². The summed E-state index contributed by atoms with van der Waals surface area (Å²) in [6.07, 6.45) is -0.277. The molecule has 0 saturated carbocycles. The van der Waals surface area contributed by atoms with Crippen LogP contribution in [0.15, 0.2) is 12.1 Å². The average molecular weight is 250 g/mol. The summed E-state index contributed by atoms with van der Waals surface area (Å²) in [5.74, 6) is 0.552. The molecule has 84 valence electrons. The van der Waals surface area contributed by atoms with Gasteiger partial charge in [0.15, 0.2) is 0 Å². The molecule has 1 rings (SSSR count). The lowest BCUT2D eigenvalue weighted by Gasteiger charge is -2.17. The summed E-state index contributed by atoms with van der Waals surface area (Å²) in [4.78, 5) is 0. The van der Waals surface area contributed by atoms with Crippen molar-refractivity contribution in [2.45, 2.75) is 6.23 Å². The minimum Gasteiger partial charge on any atom is -0.495 e. The second kappa shape index (κ2) is 5.56. The first kappa shape index (κ1) is 12.6. The van der Waals surface area contributed by atoms with Crippen LogP contribution in [0.5, 0.6) is 5.75 Å². The summed E-state index contributed by atoms with van der Waals surface area (Å²) in [6.45, 7) is 0. The molecular weight excluding hydrogens is 237 g/mol. The molecule has 0 saturated heterocycles. The zero-order chi connectivity index (χ0) is 11.4. The van der Waals surface area contributed by atoms with E-state index in [1.165, 1.54) is 0 Å². The molecule has 0 radical (unpaired) electrons. The fourth-order valence-electron chi connectivity index (χ4n) is 1.30. The van der Waals surface area contributed by atoms with Crippen molar-refractivity contribution in [3.8, 4) is 5.75 Å². The minimum atomic E-state index is -0.277. The van der Waals surface area contributed by atoms with Crippen molar-refractivity contribution in [3.63, 3.8) is 0 Å². The summed E-state index contributed by atoms with van der Waals surface area (Å²) in [7, 11) is 4.92. The van der Waals surface area contributed by atoms with Gasteiger partial charge in [0.25, 0.3) is 0 Å². The molecule has 15 heavy (non-hydrogen) atoms. The predicted molar refractivity (Wildman–Crippen MR) is 61.8 cm³/mol. The highest BCUT2D eigenvalue weighted by Gasteiger charge is 2.15. The number of hydrogen-bond acceptors (Lipinski definition) is 3. The maximum absolute atomic E-state index is 6.07. The van der Waals surface area contributed by atoms with E-state index in [-0.39, 0.29) is 6.23 Å². The van der Waals surface area contributed by atoms with E-state index in [0.717, 1.165) is 5.56 Å². The van der Waals surface area contributed by atoms with Gasteiger partial charge in [0.1, 0.15) is 12.0 Å². The van der Waals surface area contributed by atoms with Crippen molar-refractivity contribution >= 4 is 23.2 Å². The van der Waals surface area contributed by atoms with Gasteiger partial charge in [-0.2, -0.15) is 0 Å². The Balaban J connectivity index is 3.14. The zero-order valence-electron chi connectivity index (χ0n) is 8.80. The van der Waals surface area contributed by atoms with E-state index < -0.39 is 0 Å². The van der Waals surface area contributed by atoms with Crippen molar-refractivity contribution in [3.05, 3.63) is 27.7 Å². The molecule has 3 nitrogen and oxygen atoms in total. The molecule has 0 spiro atoms. The van der Waals surface area contributed by atoms with Crippen LogP contribution in [0.4, 0.5) is 0 Å². The van der Waals surface area contributed by atoms with Crippen molar-refractivity contribution in [1.29, 1.82) is 0 Å². The molecule has 0 aliphatic carbocycles. The Bertz CT molecular complexity index is 340. The van der Waals surface area contributed by atoms with Crippen LogP contribution in [0.2, 0.25) is 10.0 Å². The first-order chi connectivity index (χ1) is 7.13. The number of benzene rings is 1. The van der Waals surface area contributed by atoms with Gasteiger partial charge in [0.2, 0.25) is 0 Å². The molecule has 0 aliphatic heterocycles. The van der Waals surface area contributed by atoms with Crippen LogP contribution in [-0.4, -0.2) is 21.3 Å². The highest BCUT2D eigenvalue weighted by atomic mass is 35.5. The van der Waals surface area contributed by atoms with Crippen LogP contribution < -0.4 is 10.1 Å². The second-order valence-corrected chi connectivity index (χ2v) is 3.73. The first-order valence-corrected chi connectivity index (χ1v) is 5.12. The Morgan fingerprint density at radius 2 is 1.87 bits per heavy atom. The van der Waals surface area contributed by atoms with Crippen molar-refractivity contribution < 1.29 is 9.47 Å². The number of methoxy groups -OCH3 is 2. The lowest BCUT2D eigenvalue weighted by atomic mass is 10.2. The third kappa shape index (κ3) is 2.75. The zero-order valence-corrected chi connectivity index (χ0v) is 10.3. The fourth-order valence-corrected chi connectivity index (χ4v) is 1.80. The van der Waals surface area contributed by atoms with Crippen LogP contribution in [0, 0.1) is 0 Å². The number of nitrogens with one attached hydrogen (secondary N) is 1. The molecule has 0 aliphatic rings. The number of hydrogen-bond donors (Lipinski definition) is 1. The molecule has 1 atom stereocenters. The average Bonchev–Trinajstić information content (AvgIpc) is 2.24. The highest BCUT2D eigenvalue weighted by molar-refractivity contribution is 6.34. The number of halogens is 2. The van der Waals surface area contributed by atoms with Gasteiger partial charge in [0, 0.05) is 18.7 Å². The van der Waals surface area contributed by atoms with E-state index in [4.69, 9.17) is 32.7 Å². The van der Waals surface area contributed by atoms with Crippen LogP contribution >= 0.6 is 23.2 Å². The number of ether oxygens (including phenoxy) is 2. The van der Waals surface area contributed by atoms with Gasteiger partial charge in [-0.15, -0.1) is 0 Å². The SMILES string of the molecule is CNC(OC)c1cc(Cl)c(OC)cc1Cl. The largest absolute Gasteiger partial charge is 0.495 e. The van der Waals surface area contributed by atoms with Gasteiger partial charge in [-0.3, -0.25) is 5.32 Å². The lowest BCUT2D eigenvalue weighted by molar-refractivity contribution is 0.0809. The smallest absolute Gasteiger partial charge is 0.138 e. The Labute approximate surface area is 99.3 Å². The minimum absolute atomic E-state index is 0.277. The molecule has 1 aromatic rings. The normalized spacial score (nSPS) is 12.6. The predicted octanol–water partition coefficient (Wildman–Crippen LogP) is 2.87. The van der Waals surface area contributed by atoms with E-state index in [1.54, 1.807) is 33.4 Å². The van der Waals surface area contributed by atoms with Crippen LogP contribution in [-0.2, 0) is 4.74 Å². The molecule has 0 heterocycles. The van der Waals surface area contributed by atoms with E-state index in [1.807, 2.05) is 0 Å². The Morgan fingerprint density at radius 3 is 2.33 bits per heavy atom. The summed E-state index contributed by atoms with van der Waals surface area (Å²) in [5.41, 5.74) is 0.785. The quantitative estimate of drug-likeness (QED) is 0.833. The third-order valence-corrected chi connectivity index (χ3v) is 2.67. The summed E-state index contributed by atoms with van der Waals surface area (Å²) in [6, 6.07) is 3.40. The number of rotatable bonds is 4. The van der Waals surface area contributed by atoms with Gasteiger partial charge < -0.3 is 9.47 Å². The molecule has 0 amide bonds. The summed E-state index contributed by atoms with van der Waals surface area (Å²) in [5, 5.41) is 4.03. The van der Waals surface area contributed by atoms with E-state index in [0.29, 0.717) is 15.8 Å². The molecule has 5 heteroatoms. The fraction of sp³-hybridized carbons (Fsp3) is 0.400. The highest BCUT2D eigenvalue weighted by Crippen LogP contribution is 2.33. The molecule has 0 fully saturated rings. The molecule has 0 bridgehead atoms. The first-order valence-electron chi connectivity index (χ1n) is 4.37. The molecule has 1 unspecified atom stereocenters. The van der Waals surface area contributed by atoms with Crippen LogP contribution in [0.3, 0.4) is 0 Å². The van der Waals surface area contributed by atoms with Gasteiger partial charge in [-0.1, -0.05) is 23.2 Å². The van der Waals surface area contributed by atoms with Crippen molar-refractivity contribution in [1.82, 2.24) is 5.32 Å². The summed E-state index contributed by atoms with van der Waals surface area (Å²) < 4.78 is 10.3. The Hall–Kier alpha value is -0.480.